The number of nitrogens with one attached hydrogen (secondary N) is 1. The number of nitrogens with zero attached hydrogens (tertiary/aromatic N) is 1. The number of pyridine rings is 1. The highest BCUT2D eigenvalue weighted by molar-refractivity contribution is 5.81. The molecule has 1 fully saturated rings. The quantitative estimate of drug-likeness (QED) is 0.914. The molecule has 1 aromatic heterocycles. The Kier molecular flexibility index (Phi) is 4.22. The number of aromatic nitrogens is 1. The normalized spacial score (nSPS) is 19.0. The van der Waals surface area contributed by atoms with Crippen LogP contribution in [0, 0.1) is 0 Å². The van der Waals surface area contributed by atoms with Crippen LogP contribution in [0.4, 0.5) is 0 Å². The fraction of sp³-hybridized carbons (Fsp3) is 0.500. The summed E-state index contributed by atoms with van der Waals surface area (Å²) in [5.41, 5.74) is 2.41. The molecular formula is C18H24N2O. The second-order valence-electron chi connectivity index (χ2n) is 6.01. The molecule has 1 aliphatic carbocycles. The maximum Gasteiger partial charge on any atom is 0.0834 e. The van der Waals surface area contributed by atoms with Gasteiger partial charge in [-0.3, -0.25) is 4.98 Å². The van der Waals surface area contributed by atoms with E-state index in [1.54, 1.807) is 0 Å². The van der Waals surface area contributed by atoms with Gasteiger partial charge in [-0.25, -0.2) is 0 Å². The number of methoxy groups -OCH3 is 1. The summed E-state index contributed by atoms with van der Waals surface area (Å²) in [6.45, 7) is 0. The van der Waals surface area contributed by atoms with E-state index < -0.39 is 0 Å². The van der Waals surface area contributed by atoms with Crippen LogP contribution in [0.2, 0.25) is 0 Å². The van der Waals surface area contributed by atoms with Gasteiger partial charge in [-0.2, -0.15) is 0 Å². The smallest absolute Gasteiger partial charge is 0.0834 e. The van der Waals surface area contributed by atoms with Gasteiger partial charge in [-0.15, -0.1) is 0 Å². The van der Waals surface area contributed by atoms with Gasteiger partial charge in [-0.05, 0) is 44.0 Å². The molecule has 112 valence electrons. The van der Waals surface area contributed by atoms with Gasteiger partial charge in [0, 0.05) is 24.7 Å². The van der Waals surface area contributed by atoms with Gasteiger partial charge in [0.15, 0.2) is 0 Å². The van der Waals surface area contributed by atoms with Gasteiger partial charge in [0.25, 0.3) is 0 Å². The molecule has 3 nitrogen and oxygen atoms in total. The molecule has 1 aliphatic rings. The molecule has 1 unspecified atom stereocenters. The highest BCUT2D eigenvalue weighted by Gasteiger charge is 2.40. The molecule has 1 heterocycles. The average molecular weight is 284 g/mol. The Morgan fingerprint density at radius 3 is 2.71 bits per heavy atom. The lowest BCUT2D eigenvalue weighted by molar-refractivity contribution is -0.0335. The average Bonchev–Trinajstić information content (AvgIpc) is 3.02. The van der Waals surface area contributed by atoms with E-state index in [1.165, 1.54) is 23.8 Å². The second kappa shape index (κ2) is 6.12. The van der Waals surface area contributed by atoms with Crippen LogP contribution >= 0.6 is 0 Å². The zero-order chi connectivity index (χ0) is 14.7. The van der Waals surface area contributed by atoms with Crippen molar-refractivity contribution in [2.75, 3.05) is 14.2 Å². The van der Waals surface area contributed by atoms with Crippen LogP contribution in [-0.4, -0.2) is 30.8 Å². The first-order chi connectivity index (χ1) is 10.3. The maximum absolute atomic E-state index is 5.96. The summed E-state index contributed by atoms with van der Waals surface area (Å²) >= 11 is 0. The van der Waals surface area contributed by atoms with E-state index in [2.05, 4.69) is 34.6 Å². The largest absolute Gasteiger partial charge is 0.377 e. The molecule has 1 atom stereocenters. The molecule has 3 heteroatoms. The summed E-state index contributed by atoms with van der Waals surface area (Å²) in [5.74, 6) is 0. The predicted molar refractivity (Wildman–Crippen MR) is 86.5 cm³/mol. The van der Waals surface area contributed by atoms with Crippen LogP contribution in [0.25, 0.3) is 10.9 Å². The van der Waals surface area contributed by atoms with Gasteiger partial charge in [0.1, 0.15) is 0 Å². The number of hydrogen-bond acceptors (Lipinski definition) is 3. The Morgan fingerprint density at radius 1 is 1.24 bits per heavy atom. The number of fused-ring (bicyclic) bond motifs is 1. The van der Waals surface area contributed by atoms with Crippen molar-refractivity contribution in [3.63, 3.8) is 0 Å². The van der Waals surface area contributed by atoms with Crippen molar-refractivity contribution in [2.24, 2.45) is 0 Å². The van der Waals surface area contributed by atoms with Crippen molar-refractivity contribution in [3.8, 4) is 0 Å². The number of benzene rings is 1. The molecule has 2 aromatic rings. The molecule has 0 spiro atoms. The summed E-state index contributed by atoms with van der Waals surface area (Å²) in [5, 5.41) is 4.76. The van der Waals surface area contributed by atoms with Gasteiger partial charge < -0.3 is 10.1 Å². The zero-order valence-electron chi connectivity index (χ0n) is 12.9. The number of ether oxygens (including phenoxy) is 1. The Balaban J connectivity index is 1.92. The van der Waals surface area contributed by atoms with E-state index in [0.29, 0.717) is 6.04 Å². The molecular weight excluding hydrogens is 260 g/mol. The van der Waals surface area contributed by atoms with E-state index in [-0.39, 0.29) is 5.60 Å². The van der Waals surface area contributed by atoms with Crippen LogP contribution in [0.15, 0.2) is 36.5 Å². The molecule has 1 aromatic carbocycles. The van der Waals surface area contributed by atoms with Crippen molar-refractivity contribution in [3.05, 3.63) is 42.1 Å². The van der Waals surface area contributed by atoms with E-state index >= 15 is 0 Å². The van der Waals surface area contributed by atoms with Crippen molar-refractivity contribution in [1.82, 2.24) is 10.3 Å². The Hall–Kier alpha value is -1.45. The lowest BCUT2D eigenvalue weighted by Crippen LogP contribution is -2.50. The summed E-state index contributed by atoms with van der Waals surface area (Å²) in [6, 6.07) is 10.9. The summed E-state index contributed by atoms with van der Waals surface area (Å²) < 4.78 is 5.96. The molecule has 0 saturated heterocycles. The minimum Gasteiger partial charge on any atom is -0.377 e. The van der Waals surface area contributed by atoms with Gasteiger partial charge in [-0.1, -0.05) is 31.0 Å². The molecule has 0 bridgehead atoms. The third-order valence-corrected chi connectivity index (χ3v) is 5.00. The van der Waals surface area contributed by atoms with Crippen LogP contribution < -0.4 is 5.32 Å². The maximum atomic E-state index is 5.96. The highest BCUT2D eigenvalue weighted by atomic mass is 16.5. The number of para-hydroxylation sites is 1. The minimum atomic E-state index is -0.0148. The SMILES string of the molecule is CNC(Cc1ccnc2ccccc12)C1(OC)CCCC1. The first-order valence-electron chi connectivity index (χ1n) is 7.84. The first-order valence-corrected chi connectivity index (χ1v) is 7.84. The molecule has 1 saturated carbocycles. The summed E-state index contributed by atoms with van der Waals surface area (Å²) in [7, 11) is 3.91. The lowest BCUT2D eigenvalue weighted by Gasteiger charge is -2.36. The topological polar surface area (TPSA) is 34.2 Å². The van der Waals surface area contributed by atoms with Crippen LogP contribution in [-0.2, 0) is 11.2 Å². The fourth-order valence-corrected chi connectivity index (χ4v) is 3.77. The summed E-state index contributed by atoms with van der Waals surface area (Å²) in [4.78, 5) is 4.46. The van der Waals surface area contributed by atoms with E-state index in [9.17, 15) is 0 Å². The zero-order valence-corrected chi connectivity index (χ0v) is 12.9. The van der Waals surface area contributed by atoms with Crippen molar-refractivity contribution in [2.45, 2.75) is 43.7 Å². The number of likely N-dealkylation sites (N-methyl/N-ethyl adjacent to an activating group) is 1. The number of rotatable bonds is 5. The minimum absolute atomic E-state index is 0.0148. The van der Waals surface area contributed by atoms with E-state index in [1.807, 2.05) is 26.4 Å². The summed E-state index contributed by atoms with van der Waals surface area (Å²) in [6.07, 6.45) is 7.73. The fourth-order valence-electron chi connectivity index (χ4n) is 3.77. The highest BCUT2D eigenvalue weighted by Crippen LogP contribution is 2.37. The molecule has 0 radical (unpaired) electrons. The van der Waals surface area contributed by atoms with Gasteiger partial charge in [0.2, 0.25) is 0 Å². The predicted octanol–water partition coefficient (Wildman–Crippen LogP) is 3.32. The van der Waals surface area contributed by atoms with E-state index in [0.717, 1.165) is 24.8 Å². The molecule has 1 N–H and O–H groups in total. The van der Waals surface area contributed by atoms with E-state index in [4.69, 9.17) is 4.74 Å². The van der Waals surface area contributed by atoms with Crippen molar-refractivity contribution in [1.29, 1.82) is 0 Å². The standard InChI is InChI=1S/C18H24N2O/c1-19-17(18(21-2)10-5-6-11-18)13-14-9-12-20-16-8-4-3-7-15(14)16/h3-4,7-9,12,17,19H,5-6,10-11,13H2,1-2H3. The molecule has 0 amide bonds. The lowest BCUT2D eigenvalue weighted by atomic mass is 9.86. The van der Waals surface area contributed by atoms with Crippen molar-refractivity contribution < 1.29 is 4.74 Å². The number of hydrogen-bond donors (Lipinski definition) is 1. The van der Waals surface area contributed by atoms with Gasteiger partial charge in [0.05, 0.1) is 11.1 Å². The van der Waals surface area contributed by atoms with Crippen LogP contribution in [0.3, 0.4) is 0 Å². The Morgan fingerprint density at radius 2 is 2.00 bits per heavy atom. The third-order valence-electron chi connectivity index (χ3n) is 5.00. The first kappa shape index (κ1) is 14.5. The Bertz CT molecular complexity index is 600. The van der Waals surface area contributed by atoms with Crippen molar-refractivity contribution >= 4 is 10.9 Å². The van der Waals surface area contributed by atoms with Gasteiger partial charge >= 0.3 is 0 Å². The van der Waals surface area contributed by atoms with Crippen LogP contribution in [0.1, 0.15) is 31.2 Å². The Labute approximate surface area is 126 Å². The third kappa shape index (κ3) is 2.68. The second-order valence-corrected chi connectivity index (χ2v) is 6.01. The molecule has 3 rings (SSSR count). The molecule has 0 aliphatic heterocycles. The van der Waals surface area contributed by atoms with Crippen LogP contribution in [0.5, 0.6) is 0 Å². The molecule has 21 heavy (non-hydrogen) atoms. The monoisotopic (exact) mass is 284 g/mol.